The molecular weight excluding hydrogens is 356 g/mol. The molecule has 5 nitrogen and oxygen atoms in total. The second-order valence-electron chi connectivity index (χ2n) is 6.01. The Morgan fingerprint density at radius 1 is 1.04 bits per heavy atom. The number of carbonyl (C=O) groups is 1. The fraction of sp³-hybridized carbons (Fsp3) is 0. The fourth-order valence-corrected chi connectivity index (χ4v) is 4.02. The number of pyridine rings is 1. The van der Waals surface area contributed by atoms with Crippen molar-refractivity contribution in [2.24, 2.45) is 5.73 Å². The molecule has 0 aliphatic rings. The third-order valence-electron chi connectivity index (χ3n) is 4.36. The van der Waals surface area contributed by atoms with Gasteiger partial charge in [-0.3, -0.25) is 4.79 Å². The number of primary amides is 1. The smallest absolute Gasteiger partial charge is 0.258 e. The molecule has 0 atom stereocenters. The highest BCUT2D eigenvalue weighted by atomic mass is 32.1. The number of carbonyl (C=O) groups excluding carboxylic acids is 1. The zero-order chi connectivity index (χ0) is 19.0. The minimum Gasteiger partial charge on any atom is -0.383 e. The van der Waals surface area contributed by atoms with E-state index in [1.165, 1.54) is 11.3 Å². The summed E-state index contributed by atoms with van der Waals surface area (Å²) in [6.45, 7) is 0. The number of aromatic nitrogens is 1. The van der Waals surface area contributed by atoms with Crippen molar-refractivity contribution in [3.05, 3.63) is 71.2 Å². The van der Waals surface area contributed by atoms with Crippen LogP contribution in [0.25, 0.3) is 32.3 Å². The molecule has 0 saturated heterocycles. The number of fused-ring (bicyclic) bond motifs is 1. The molecule has 0 aliphatic heterocycles. The van der Waals surface area contributed by atoms with Crippen molar-refractivity contribution in [1.29, 1.82) is 5.26 Å². The Balaban J connectivity index is 1.92. The van der Waals surface area contributed by atoms with E-state index in [1.54, 1.807) is 18.3 Å². The largest absolute Gasteiger partial charge is 0.383 e. The zero-order valence-electron chi connectivity index (χ0n) is 14.1. The number of thiophene rings is 1. The molecule has 2 aromatic carbocycles. The topological polar surface area (TPSA) is 106 Å². The summed E-state index contributed by atoms with van der Waals surface area (Å²) in [6.07, 6.45) is 1.70. The van der Waals surface area contributed by atoms with Crippen molar-refractivity contribution in [3.63, 3.8) is 0 Å². The van der Waals surface area contributed by atoms with Crippen LogP contribution < -0.4 is 11.5 Å². The molecule has 0 spiro atoms. The van der Waals surface area contributed by atoms with E-state index in [0.29, 0.717) is 16.3 Å². The monoisotopic (exact) mass is 370 g/mol. The van der Waals surface area contributed by atoms with Crippen LogP contribution in [-0.4, -0.2) is 10.9 Å². The summed E-state index contributed by atoms with van der Waals surface area (Å²) >= 11 is 1.24. The van der Waals surface area contributed by atoms with Gasteiger partial charge in [-0.2, -0.15) is 5.26 Å². The van der Waals surface area contributed by atoms with Gasteiger partial charge in [-0.05, 0) is 34.9 Å². The highest BCUT2D eigenvalue weighted by Crippen LogP contribution is 2.37. The van der Waals surface area contributed by atoms with Gasteiger partial charge in [0.15, 0.2) is 0 Å². The Bertz CT molecular complexity index is 1240. The molecule has 0 radical (unpaired) electrons. The van der Waals surface area contributed by atoms with Gasteiger partial charge in [-0.15, -0.1) is 11.3 Å². The van der Waals surface area contributed by atoms with Gasteiger partial charge in [-0.25, -0.2) is 4.98 Å². The number of anilines is 1. The third-order valence-corrected chi connectivity index (χ3v) is 5.53. The van der Waals surface area contributed by atoms with Crippen molar-refractivity contribution in [2.45, 2.75) is 0 Å². The second-order valence-corrected chi connectivity index (χ2v) is 7.07. The minimum atomic E-state index is -0.488. The predicted molar refractivity (Wildman–Crippen MR) is 108 cm³/mol. The number of hydrogen-bond donors (Lipinski definition) is 2. The Morgan fingerprint density at radius 2 is 1.78 bits per heavy atom. The Kier molecular flexibility index (Phi) is 4.07. The van der Waals surface area contributed by atoms with Crippen LogP contribution in [0.3, 0.4) is 0 Å². The molecule has 130 valence electrons. The lowest BCUT2D eigenvalue weighted by atomic mass is 9.96. The predicted octanol–water partition coefficient (Wildman–Crippen LogP) is 4.18. The Hall–Kier alpha value is -3.69. The van der Waals surface area contributed by atoms with E-state index in [9.17, 15) is 10.1 Å². The summed E-state index contributed by atoms with van der Waals surface area (Å²) in [6, 6.07) is 19.3. The molecule has 0 aliphatic carbocycles. The van der Waals surface area contributed by atoms with Crippen LogP contribution in [0.2, 0.25) is 0 Å². The van der Waals surface area contributed by atoms with Crippen molar-refractivity contribution < 1.29 is 4.79 Å². The van der Waals surface area contributed by atoms with Crippen molar-refractivity contribution in [1.82, 2.24) is 4.98 Å². The Labute approximate surface area is 159 Å². The molecule has 2 heterocycles. The van der Waals surface area contributed by atoms with E-state index in [0.717, 1.165) is 32.3 Å². The molecule has 4 rings (SSSR count). The van der Waals surface area contributed by atoms with E-state index >= 15 is 0 Å². The first-order valence-corrected chi connectivity index (χ1v) is 8.98. The first-order chi connectivity index (χ1) is 13.1. The second kappa shape index (κ2) is 6.56. The summed E-state index contributed by atoms with van der Waals surface area (Å²) in [5.74, 6) is -0.115. The molecule has 1 amide bonds. The molecule has 27 heavy (non-hydrogen) atoms. The number of amides is 1. The van der Waals surface area contributed by atoms with Crippen molar-refractivity contribution >= 4 is 33.1 Å². The lowest BCUT2D eigenvalue weighted by molar-refractivity contribution is 0.100. The van der Waals surface area contributed by atoms with Gasteiger partial charge in [-0.1, -0.05) is 36.4 Å². The summed E-state index contributed by atoms with van der Waals surface area (Å²) in [4.78, 5) is 16.3. The number of nitrogen functional groups attached to an aromatic ring is 1. The normalized spacial score (nSPS) is 10.6. The lowest BCUT2D eigenvalue weighted by Crippen LogP contribution is -2.08. The number of nitrogens with zero attached hydrogens (tertiary/aromatic N) is 2. The molecule has 0 fully saturated rings. The highest BCUT2D eigenvalue weighted by molar-refractivity contribution is 7.21. The van der Waals surface area contributed by atoms with Gasteiger partial charge < -0.3 is 11.5 Å². The van der Waals surface area contributed by atoms with E-state index in [1.807, 2.05) is 42.5 Å². The maximum absolute atomic E-state index is 11.6. The van der Waals surface area contributed by atoms with Gasteiger partial charge >= 0.3 is 0 Å². The molecular formula is C21H14N4OS. The van der Waals surface area contributed by atoms with Gasteiger partial charge in [0, 0.05) is 17.1 Å². The van der Waals surface area contributed by atoms with Gasteiger partial charge in [0.05, 0.1) is 21.2 Å². The summed E-state index contributed by atoms with van der Waals surface area (Å²) < 4.78 is 0.740. The number of benzene rings is 2. The first-order valence-electron chi connectivity index (χ1n) is 8.16. The van der Waals surface area contributed by atoms with Crippen LogP contribution in [0.5, 0.6) is 0 Å². The summed E-state index contributed by atoms with van der Waals surface area (Å²) in [5, 5.41) is 10.2. The van der Waals surface area contributed by atoms with Crippen LogP contribution in [0, 0.1) is 11.3 Å². The molecule has 0 bridgehead atoms. The van der Waals surface area contributed by atoms with E-state index in [2.05, 4.69) is 11.1 Å². The standard InChI is InChI=1S/C21H14N4OS/c22-10-14-4-1-2-7-15(14)12-5-3-6-13(8-12)17-11-25-20(23)19-16(17)9-18(27-19)21(24)26/h1-9,11H,(H2,23,25)(H2,24,26). The molecule has 4 N–H and O–H groups in total. The summed E-state index contributed by atoms with van der Waals surface area (Å²) in [5.41, 5.74) is 15.6. The number of nitrogens with two attached hydrogens (primary N) is 2. The Morgan fingerprint density at radius 3 is 2.52 bits per heavy atom. The van der Waals surface area contributed by atoms with E-state index in [-0.39, 0.29) is 0 Å². The average Bonchev–Trinajstić information content (AvgIpc) is 3.15. The third kappa shape index (κ3) is 2.90. The zero-order valence-corrected chi connectivity index (χ0v) is 15.0. The molecule has 4 aromatic rings. The van der Waals surface area contributed by atoms with Gasteiger partial charge in [0.1, 0.15) is 5.82 Å². The average molecular weight is 370 g/mol. The number of hydrogen-bond acceptors (Lipinski definition) is 5. The van der Waals surface area contributed by atoms with E-state index < -0.39 is 5.91 Å². The highest BCUT2D eigenvalue weighted by Gasteiger charge is 2.15. The van der Waals surface area contributed by atoms with Crippen LogP contribution in [-0.2, 0) is 0 Å². The number of rotatable bonds is 3. The molecule has 2 aromatic heterocycles. The molecule has 6 heteroatoms. The van der Waals surface area contributed by atoms with E-state index in [4.69, 9.17) is 11.5 Å². The molecule has 0 saturated carbocycles. The first kappa shape index (κ1) is 16.8. The fourth-order valence-electron chi connectivity index (χ4n) is 3.08. The quantitative estimate of drug-likeness (QED) is 0.564. The van der Waals surface area contributed by atoms with Crippen LogP contribution in [0.1, 0.15) is 15.2 Å². The van der Waals surface area contributed by atoms with Gasteiger partial charge in [0.25, 0.3) is 5.91 Å². The van der Waals surface area contributed by atoms with Gasteiger partial charge in [0.2, 0.25) is 0 Å². The van der Waals surface area contributed by atoms with Crippen LogP contribution in [0.4, 0.5) is 5.82 Å². The lowest BCUT2D eigenvalue weighted by Gasteiger charge is -2.09. The van der Waals surface area contributed by atoms with Crippen LogP contribution >= 0.6 is 11.3 Å². The van der Waals surface area contributed by atoms with Crippen LogP contribution in [0.15, 0.2) is 60.8 Å². The maximum atomic E-state index is 11.6. The van der Waals surface area contributed by atoms with Crippen molar-refractivity contribution in [3.8, 4) is 28.3 Å². The van der Waals surface area contributed by atoms with Crippen molar-refractivity contribution in [2.75, 3.05) is 5.73 Å². The minimum absolute atomic E-state index is 0.372. The maximum Gasteiger partial charge on any atom is 0.258 e. The number of nitriles is 1. The SMILES string of the molecule is N#Cc1ccccc1-c1cccc(-c2cnc(N)c3sc(C(N)=O)cc23)c1. The summed E-state index contributed by atoms with van der Waals surface area (Å²) in [7, 11) is 0. The molecule has 0 unspecified atom stereocenters.